The molecule has 0 saturated heterocycles. The molecule has 0 aliphatic rings. The van der Waals surface area contributed by atoms with E-state index in [1.807, 2.05) is 6.92 Å². The Kier molecular flexibility index (Phi) is 7.20. The van der Waals surface area contributed by atoms with E-state index in [0.717, 1.165) is 12.8 Å². The lowest BCUT2D eigenvalue weighted by Gasteiger charge is -2.28. The average molecular weight is 202 g/mol. The molecule has 2 heteroatoms. The molecule has 86 valence electrons. The van der Waals surface area contributed by atoms with Crippen LogP contribution >= 0.6 is 0 Å². The maximum atomic E-state index is 10.0. The van der Waals surface area contributed by atoms with E-state index in [1.54, 1.807) is 6.92 Å². The zero-order chi connectivity index (χ0) is 11.1. The Morgan fingerprint density at radius 1 is 1.07 bits per heavy atom. The van der Waals surface area contributed by atoms with Gasteiger partial charge in [-0.1, -0.05) is 40.0 Å². The van der Waals surface area contributed by atoms with Crippen molar-refractivity contribution in [1.29, 1.82) is 0 Å². The highest BCUT2D eigenvalue weighted by Crippen LogP contribution is 2.23. The fourth-order valence-corrected chi connectivity index (χ4v) is 1.80. The maximum absolute atomic E-state index is 10.0. The fourth-order valence-electron chi connectivity index (χ4n) is 1.80. The third-order valence-corrected chi connectivity index (χ3v) is 3.24. The van der Waals surface area contributed by atoms with Gasteiger partial charge < -0.3 is 10.2 Å². The van der Waals surface area contributed by atoms with Gasteiger partial charge in [-0.05, 0) is 19.3 Å². The maximum Gasteiger partial charge on any atom is 0.0618 e. The van der Waals surface area contributed by atoms with E-state index in [-0.39, 0.29) is 12.0 Å². The van der Waals surface area contributed by atoms with E-state index in [0.29, 0.717) is 5.92 Å². The third kappa shape index (κ3) is 4.43. The summed E-state index contributed by atoms with van der Waals surface area (Å²) in [6, 6.07) is 0. The van der Waals surface area contributed by atoms with E-state index in [2.05, 4.69) is 13.8 Å². The molecule has 0 aliphatic heterocycles. The lowest BCUT2D eigenvalue weighted by molar-refractivity contribution is -0.00694. The van der Waals surface area contributed by atoms with E-state index in [9.17, 15) is 10.2 Å². The van der Waals surface area contributed by atoms with Crippen LogP contribution in [0.15, 0.2) is 0 Å². The largest absolute Gasteiger partial charge is 0.393 e. The molecule has 0 aromatic carbocycles. The summed E-state index contributed by atoms with van der Waals surface area (Å²) in [4.78, 5) is 0. The second-order valence-corrected chi connectivity index (χ2v) is 4.40. The van der Waals surface area contributed by atoms with Crippen molar-refractivity contribution in [2.45, 2.75) is 65.6 Å². The van der Waals surface area contributed by atoms with Crippen molar-refractivity contribution >= 4 is 0 Å². The summed E-state index contributed by atoms with van der Waals surface area (Å²) in [6.45, 7) is 7.94. The summed E-state index contributed by atoms with van der Waals surface area (Å²) in [6.07, 6.45) is 3.64. The van der Waals surface area contributed by atoms with Crippen LogP contribution in [0.1, 0.15) is 53.4 Å². The molecule has 0 radical (unpaired) electrons. The van der Waals surface area contributed by atoms with Gasteiger partial charge >= 0.3 is 0 Å². The van der Waals surface area contributed by atoms with Gasteiger partial charge in [0.2, 0.25) is 0 Å². The number of aliphatic hydroxyl groups excluding tert-OH is 2. The molecule has 0 amide bonds. The van der Waals surface area contributed by atoms with Crippen LogP contribution in [0.3, 0.4) is 0 Å². The molecule has 0 unspecified atom stereocenters. The van der Waals surface area contributed by atoms with Crippen LogP contribution in [0.4, 0.5) is 0 Å². The minimum absolute atomic E-state index is 0.0168. The highest BCUT2D eigenvalue weighted by Gasteiger charge is 2.25. The standard InChI is InChI=1S/C12H26O2/c1-5-7-8-11(6-2)12(14)9(3)10(4)13/h9-14H,5-8H2,1-4H3/t9-,10-,11-,12+/m0/s1. The number of aliphatic hydroxyl groups is 2. The first-order valence-corrected chi connectivity index (χ1v) is 5.90. The first-order valence-electron chi connectivity index (χ1n) is 5.90. The SMILES string of the molecule is CCCC[C@H](CC)[C@H](O)[C@@H](C)[C@H](C)O. The van der Waals surface area contributed by atoms with Gasteiger partial charge in [-0.15, -0.1) is 0 Å². The summed E-state index contributed by atoms with van der Waals surface area (Å²) < 4.78 is 0. The van der Waals surface area contributed by atoms with Gasteiger partial charge in [-0.3, -0.25) is 0 Å². The predicted octanol–water partition coefficient (Wildman–Crippen LogP) is 2.58. The number of hydrogen-bond acceptors (Lipinski definition) is 2. The first-order chi connectivity index (χ1) is 6.54. The van der Waals surface area contributed by atoms with Crippen molar-refractivity contribution in [1.82, 2.24) is 0 Å². The monoisotopic (exact) mass is 202 g/mol. The van der Waals surface area contributed by atoms with Gasteiger partial charge in [-0.2, -0.15) is 0 Å². The van der Waals surface area contributed by atoms with Gasteiger partial charge in [0.15, 0.2) is 0 Å². The molecule has 14 heavy (non-hydrogen) atoms. The molecule has 4 atom stereocenters. The number of unbranched alkanes of at least 4 members (excludes halogenated alkanes) is 1. The summed E-state index contributed by atoms with van der Waals surface area (Å²) in [5.74, 6) is 0.330. The average Bonchev–Trinajstić information content (AvgIpc) is 2.17. The highest BCUT2D eigenvalue weighted by atomic mass is 16.3. The Hall–Kier alpha value is -0.0800. The van der Waals surface area contributed by atoms with Crippen LogP contribution in [0.25, 0.3) is 0 Å². The molecule has 0 heterocycles. The van der Waals surface area contributed by atoms with Crippen LogP contribution in [0.5, 0.6) is 0 Å². The molecule has 0 aliphatic carbocycles. The van der Waals surface area contributed by atoms with E-state index in [1.165, 1.54) is 12.8 Å². The van der Waals surface area contributed by atoms with Gasteiger partial charge in [-0.25, -0.2) is 0 Å². The van der Waals surface area contributed by atoms with Gasteiger partial charge in [0.05, 0.1) is 12.2 Å². The Bertz CT molecular complexity index is 134. The molecule has 0 saturated carbocycles. The summed E-state index contributed by atoms with van der Waals surface area (Å²) in [7, 11) is 0. The van der Waals surface area contributed by atoms with Crippen molar-refractivity contribution in [3.63, 3.8) is 0 Å². The normalized spacial score (nSPS) is 20.1. The van der Waals surface area contributed by atoms with Gasteiger partial charge in [0.1, 0.15) is 0 Å². The minimum Gasteiger partial charge on any atom is -0.393 e. The first kappa shape index (κ1) is 13.9. The van der Waals surface area contributed by atoms with Crippen molar-refractivity contribution in [2.24, 2.45) is 11.8 Å². The van der Waals surface area contributed by atoms with E-state index >= 15 is 0 Å². The fraction of sp³-hybridized carbons (Fsp3) is 1.00. The molecule has 2 nitrogen and oxygen atoms in total. The van der Waals surface area contributed by atoms with Crippen molar-refractivity contribution in [3.05, 3.63) is 0 Å². The highest BCUT2D eigenvalue weighted by molar-refractivity contribution is 4.76. The van der Waals surface area contributed by atoms with Crippen LogP contribution in [0, 0.1) is 11.8 Å². The van der Waals surface area contributed by atoms with Crippen molar-refractivity contribution < 1.29 is 10.2 Å². The van der Waals surface area contributed by atoms with Crippen molar-refractivity contribution in [3.8, 4) is 0 Å². The second-order valence-electron chi connectivity index (χ2n) is 4.40. The molecule has 0 bridgehead atoms. The van der Waals surface area contributed by atoms with E-state index < -0.39 is 6.10 Å². The molecule has 0 rings (SSSR count). The van der Waals surface area contributed by atoms with Gasteiger partial charge in [0, 0.05) is 5.92 Å². The Morgan fingerprint density at radius 2 is 1.64 bits per heavy atom. The summed E-state index contributed by atoms with van der Waals surface area (Å²) in [5, 5.41) is 19.4. The minimum atomic E-state index is -0.416. The lowest BCUT2D eigenvalue weighted by atomic mass is 9.84. The molecule has 0 aromatic heterocycles. The topological polar surface area (TPSA) is 40.5 Å². The van der Waals surface area contributed by atoms with Crippen LogP contribution in [-0.2, 0) is 0 Å². The second kappa shape index (κ2) is 7.24. The molecule has 0 spiro atoms. The lowest BCUT2D eigenvalue weighted by Crippen LogP contribution is -2.33. The molecular weight excluding hydrogens is 176 g/mol. The zero-order valence-corrected chi connectivity index (χ0v) is 10.0. The van der Waals surface area contributed by atoms with Crippen LogP contribution < -0.4 is 0 Å². The number of hydrogen-bond donors (Lipinski definition) is 2. The van der Waals surface area contributed by atoms with Crippen LogP contribution in [0.2, 0.25) is 0 Å². The summed E-state index contributed by atoms with van der Waals surface area (Å²) >= 11 is 0. The van der Waals surface area contributed by atoms with Gasteiger partial charge in [0.25, 0.3) is 0 Å². The molecule has 2 N–H and O–H groups in total. The van der Waals surface area contributed by atoms with Crippen LogP contribution in [-0.4, -0.2) is 22.4 Å². The Labute approximate surface area is 88.3 Å². The molecule has 0 aromatic rings. The Morgan fingerprint density at radius 3 is 2.00 bits per heavy atom. The predicted molar refractivity (Wildman–Crippen MR) is 60.2 cm³/mol. The van der Waals surface area contributed by atoms with Crippen molar-refractivity contribution in [2.75, 3.05) is 0 Å². The zero-order valence-electron chi connectivity index (χ0n) is 10.0. The third-order valence-electron chi connectivity index (χ3n) is 3.24. The molecular formula is C12H26O2. The summed E-state index contributed by atoms with van der Waals surface area (Å²) in [5.41, 5.74) is 0. The smallest absolute Gasteiger partial charge is 0.0618 e. The molecule has 0 fully saturated rings. The Balaban J connectivity index is 4.08. The quantitative estimate of drug-likeness (QED) is 0.666. The van der Waals surface area contributed by atoms with E-state index in [4.69, 9.17) is 0 Å². The number of rotatable bonds is 7.